The summed E-state index contributed by atoms with van der Waals surface area (Å²) in [5, 5.41) is 0. The molecular formula is C17H36O6Si3. The van der Waals surface area contributed by atoms with Crippen molar-refractivity contribution >= 4 is 37.1 Å². The molecule has 0 aromatic carbocycles. The highest BCUT2D eigenvalue weighted by Crippen LogP contribution is 2.25. The zero-order valence-electron chi connectivity index (χ0n) is 17.8. The van der Waals surface area contributed by atoms with Gasteiger partial charge in [0.1, 0.15) is 0 Å². The summed E-state index contributed by atoms with van der Waals surface area (Å²) in [7, 11) is -5.76. The summed E-state index contributed by atoms with van der Waals surface area (Å²) in [6.45, 7) is 18.8. The molecule has 0 radical (unpaired) electrons. The van der Waals surface area contributed by atoms with Gasteiger partial charge in [0.05, 0.1) is 12.7 Å². The fraction of sp³-hybridized carbons (Fsp3) is 0.765. The van der Waals surface area contributed by atoms with Crippen molar-refractivity contribution in [2.24, 2.45) is 0 Å². The molecule has 0 aromatic heterocycles. The molecule has 9 heteroatoms. The van der Waals surface area contributed by atoms with E-state index in [1.807, 2.05) is 0 Å². The van der Waals surface area contributed by atoms with Gasteiger partial charge in [0.15, 0.2) is 16.6 Å². The highest BCUT2D eigenvalue weighted by atomic mass is 28.5. The summed E-state index contributed by atoms with van der Waals surface area (Å²) >= 11 is 0. The van der Waals surface area contributed by atoms with Gasteiger partial charge in [-0.15, -0.1) is 0 Å². The topological polar surface area (TPSA) is 71.1 Å². The van der Waals surface area contributed by atoms with Crippen molar-refractivity contribution in [1.82, 2.24) is 0 Å². The molecule has 0 aliphatic carbocycles. The zero-order valence-corrected chi connectivity index (χ0v) is 20.8. The molecule has 0 saturated heterocycles. The minimum absolute atomic E-state index is 0.219. The van der Waals surface area contributed by atoms with Crippen molar-refractivity contribution in [2.75, 3.05) is 6.61 Å². The van der Waals surface area contributed by atoms with Gasteiger partial charge in [-0.05, 0) is 72.1 Å². The molecule has 0 heterocycles. The van der Waals surface area contributed by atoms with E-state index in [9.17, 15) is 9.59 Å². The van der Waals surface area contributed by atoms with E-state index >= 15 is 0 Å². The van der Waals surface area contributed by atoms with Gasteiger partial charge in [-0.2, -0.15) is 0 Å². The molecule has 0 bridgehead atoms. The fourth-order valence-electron chi connectivity index (χ4n) is 2.44. The maximum absolute atomic E-state index is 11.7. The molecular weight excluding hydrogens is 384 g/mol. The summed E-state index contributed by atoms with van der Waals surface area (Å²) in [4.78, 5) is 23.0. The average molecular weight is 421 g/mol. The van der Waals surface area contributed by atoms with Crippen LogP contribution in [0.15, 0.2) is 12.2 Å². The molecule has 0 spiro atoms. The van der Waals surface area contributed by atoms with Crippen LogP contribution in [-0.2, 0) is 27.3 Å². The van der Waals surface area contributed by atoms with E-state index < -0.39 is 37.1 Å². The van der Waals surface area contributed by atoms with Crippen LogP contribution in [0.4, 0.5) is 0 Å². The smallest absolute Gasteiger partial charge is 0.331 e. The standard InChI is InChI=1S/C17H36O6Si3/c1-15(2)21-17(19)12-11-16(18)20-13-10-14-26(9,22-24(3,4)5)23-25(6,7)8/h11-12,15H,10,13-14H2,1-9H3. The van der Waals surface area contributed by atoms with Crippen LogP contribution in [-0.4, -0.2) is 49.8 Å². The predicted molar refractivity (Wildman–Crippen MR) is 111 cm³/mol. The first-order valence-corrected chi connectivity index (χ1v) is 18.4. The lowest BCUT2D eigenvalue weighted by atomic mass is 10.4. The van der Waals surface area contributed by atoms with Crippen LogP contribution >= 0.6 is 0 Å². The first-order valence-electron chi connectivity index (χ1n) is 9.08. The molecule has 0 saturated carbocycles. The van der Waals surface area contributed by atoms with E-state index in [2.05, 4.69) is 45.8 Å². The Morgan fingerprint density at radius 3 is 1.73 bits per heavy atom. The molecule has 0 aromatic rings. The summed E-state index contributed by atoms with van der Waals surface area (Å²) in [5.41, 5.74) is 0. The Balaban J connectivity index is 4.48. The van der Waals surface area contributed by atoms with E-state index in [1.165, 1.54) is 0 Å². The summed E-state index contributed by atoms with van der Waals surface area (Å²) < 4.78 is 22.9. The van der Waals surface area contributed by atoms with Gasteiger partial charge in [0.25, 0.3) is 0 Å². The van der Waals surface area contributed by atoms with Gasteiger partial charge in [0.2, 0.25) is 0 Å². The largest absolute Gasteiger partial charge is 0.463 e. The van der Waals surface area contributed by atoms with Crippen LogP contribution in [0.25, 0.3) is 0 Å². The first kappa shape index (κ1) is 25.3. The number of hydrogen-bond donors (Lipinski definition) is 0. The Labute approximate surface area is 161 Å². The summed E-state index contributed by atoms with van der Waals surface area (Å²) in [6.07, 6.45) is 2.64. The number of esters is 2. The van der Waals surface area contributed by atoms with Crippen LogP contribution in [0.3, 0.4) is 0 Å². The van der Waals surface area contributed by atoms with E-state index in [1.54, 1.807) is 13.8 Å². The Kier molecular flexibility index (Phi) is 10.2. The molecule has 0 unspecified atom stereocenters. The van der Waals surface area contributed by atoms with Gasteiger partial charge >= 0.3 is 20.5 Å². The van der Waals surface area contributed by atoms with Crippen LogP contribution < -0.4 is 0 Å². The van der Waals surface area contributed by atoms with Gasteiger partial charge in [-0.25, -0.2) is 9.59 Å². The van der Waals surface area contributed by atoms with Gasteiger partial charge in [-0.1, -0.05) is 0 Å². The molecule has 0 amide bonds. The molecule has 26 heavy (non-hydrogen) atoms. The maximum Gasteiger partial charge on any atom is 0.331 e. The van der Waals surface area contributed by atoms with Gasteiger partial charge in [-0.3, -0.25) is 0 Å². The molecule has 0 aliphatic rings. The van der Waals surface area contributed by atoms with Crippen LogP contribution in [0.2, 0.25) is 51.9 Å². The average Bonchev–Trinajstić information content (AvgIpc) is 2.36. The van der Waals surface area contributed by atoms with Crippen molar-refractivity contribution in [2.45, 2.75) is 78.2 Å². The van der Waals surface area contributed by atoms with E-state index in [0.717, 1.165) is 18.2 Å². The predicted octanol–water partition coefficient (Wildman–Crippen LogP) is 4.20. The maximum atomic E-state index is 11.7. The lowest BCUT2D eigenvalue weighted by molar-refractivity contribution is -0.142. The molecule has 0 atom stereocenters. The Bertz CT molecular complexity index is 476. The molecule has 6 nitrogen and oxygen atoms in total. The molecule has 0 aliphatic heterocycles. The second kappa shape index (κ2) is 10.6. The minimum Gasteiger partial charge on any atom is -0.463 e. The SMILES string of the molecule is CC(C)OC(=O)C=CC(=O)OCCC[Si](C)(O[Si](C)(C)C)O[Si](C)(C)C. The lowest BCUT2D eigenvalue weighted by Crippen LogP contribution is -2.52. The third-order valence-electron chi connectivity index (χ3n) is 2.77. The van der Waals surface area contributed by atoms with Gasteiger partial charge in [0, 0.05) is 12.2 Å². The molecule has 0 fully saturated rings. The van der Waals surface area contributed by atoms with E-state index in [-0.39, 0.29) is 12.7 Å². The second-order valence-corrected chi connectivity index (χ2v) is 21.5. The third kappa shape index (κ3) is 14.4. The zero-order chi connectivity index (χ0) is 20.6. The number of carbonyl (C=O) groups is 2. The van der Waals surface area contributed by atoms with Crippen molar-refractivity contribution < 1.29 is 27.3 Å². The van der Waals surface area contributed by atoms with Crippen LogP contribution in [0, 0.1) is 0 Å². The van der Waals surface area contributed by atoms with Crippen molar-refractivity contribution in [3.63, 3.8) is 0 Å². The van der Waals surface area contributed by atoms with E-state index in [4.69, 9.17) is 17.7 Å². The fourth-order valence-corrected chi connectivity index (χ4v) is 14.9. The number of carbonyl (C=O) groups excluding carboxylic acids is 2. The molecule has 152 valence electrons. The molecule has 0 rings (SSSR count). The Morgan fingerprint density at radius 1 is 0.846 bits per heavy atom. The summed E-state index contributed by atoms with van der Waals surface area (Å²) in [5.74, 6) is -1.10. The second-order valence-electron chi connectivity index (χ2n) is 8.65. The van der Waals surface area contributed by atoms with E-state index in [0.29, 0.717) is 6.42 Å². The first-order chi connectivity index (χ1) is 11.6. The highest BCUT2D eigenvalue weighted by Gasteiger charge is 2.39. The minimum atomic E-state index is -2.31. The number of ether oxygens (including phenoxy) is 2. The monoisotopic (exact) mass is 420 g/mol. The molecule has 0 N–H and O–H groups in total. The Hall–Kier alpha value is -0.749. The highest BCUT2D eigenvalue weighted by molar-refractivity contribution is 6.87. The van der Waals surface area contributed by atoms with Gasteiger partial charge < -0.3 is 17.7 Å². The van der Waals surface area contributed by atoms with Crippen LogP contribution in [0.1, 0.15) is 20.3 Å². The number of hydrogen-bond acceptors (Lipinski definition) is 6. The van der Waals surface area contributed by atoms with Crippen molar-refractivity contribution in [3.8, 4) is 0 Å². The lowest BCUT2D eigenvalue weighted by Gasteiger charge is -2.38. The van der Waals surface area contributed by atoms with Crippen molar-refractivity contribution in [3.05, 3.63) is 12.2 Å². The van der Waals surface area contributed by atoms with Crippen molar-refractivity contribution in [1.29, 1.82) is 0 Å². The third-order valence-corrected chi connectivity index (χ3v) is 12.4. The summed E-state index contributed by atoms with van der Waals surface area (Å²) in [6, 6.07) is 0.772. The number of rotatable bonds is 11. The quantitative estimate of drug-likeness (QED) is 0.216. The van der Waals surface area contributed by atoms with Crippen LogP contribution in [0.5, 0.6) is 0 Å². The normalized spacial score (nSPS) is 13.3. The Morgan fingerprint density at radius 2 is 1.31 bits per heavy atom.